The molecule has 0 aliphatic rings. The topological polar surface area (TPSA) is 83.4 Å². The molecule has 0 unspecified atom stereocenters. The van der Waals surface area contributed by atoms with E-state index in [-0.39, 0.29) is 36.5 Å². The van der Waals surface area contributed by atoms with Crippen LogP contribution in [0.1, 0.15) is 10.6 Å². The van der Waals surface area contributed by atoms with E-state index in [0.717, 1.165) is 0 Å². The summed E-state index contributed by atoms with van der Waals surface area (Å²) in [4.78, 5) is 22.4. The van der Waals surface area contributed by atoms with Crippen molar-refractivity contribution < 1.29 is 14.0 Å². The number of amides is 2. The van der Waals surface area contributed by atoms with Gasteiger partial charge in [0.05, 0.1) is 12.8 Å². The van der Waals surface area contributed by atoms with Crippen molar-refractivity contribution in [2.75, 3.05) is 26.7 Å². The SMILES string of the molecule is CNCC(=O)NCCNC(=O)c1ccco1.Cl. The van der Waals surface area contributed by atoms with Gasteiger partial charge < -0.3 is 20.4 Å². The molecule has 1 aromatic rings. The molecule has 0 aromatic carbocycles. The first kappa shape index (κ1) is 15.5. The summed E-state index contributed by atoms with van der Waals surface area (Å²) >= 11 is 0. The van der Waals surface area contributed by atoms with Crippen molar-refractivity contribution in [1.82, 2.24) is 16.0 Å². The zero-order valence-electron chi connectivity index (χ0n) is 9.49. The average Bonchev–Trinajstić information content (AvgIpc) is 2.78. The largest absolute Gasteiger partial charge is 0.459 e. The molecule has 7 heteroatoms. The minimum Gasteiger partial charge on any atom is -0.459 e. The number of hydrogen-bond acceptors (Lipinski definition) is 4. The third-order valence-corrected chi connectivity index (χ3v) is 1.82. The number of rotatable bonds is 6. The van der Waals surface area contributed by atoms with E-state index < -0.39 is 0 Å². The highest BCUT2D eigenvalue weighted by Gasteiger charge is 2.06. The zero-order valence-corrected chi connectivity index (χ0v) is 10.3. The van der Waals surface area contributed by atoms with Crippen LogP contribution >= 0.6 is 12.4 Å². The molecule has 1 heterocycles. The number of furan rings is 1. The Morgan fingerprint density at radius 2 is 2.00 bits per heavy atom. The van der Waals surface area contributed by atoms with Crippen LogP contribution in [0, 0.1) is 0 Å². The second kappa shape index (κ2) is 8.60. The maximum Gasteiger partial charge on any atom is 0.287 e. The van der Waals surface area contributed by atoms with Gasteiger partial charge in [0.15, 0.2) is 5.76 Å². The molecule has 2 amide bonds. The molecule has 0 aliphatic carbocycles. The van der Waals surface area contributed by atoms with Gasteiger partial charge in [0.2, 0.25) is 5.91 Å². The second-order valence-corrected chi connectivity index (χ2v) is 3.11. The van der Waals surface area contributed by atoms with Gasteiger partial charge in [-0.05, 0) is 19.2 Å². The van der Waals surface area contributed by atoms with Crippen LogP contribution in [0.4, 0.5) is 0 Å². The quantitative estimate of drug-likeness (QED) is 0.618. The average molecular weight is 262 g/mol. The van der Waals surface area contributed by atoms with Gasteiger partial charge in [-0.2, -0.15) is 0 Å². The van der Waals surface area contributed by atoms with E-state index in [0.29, 0.717) is 13.1 Å². The van der Waals surface area contributed by atoms with Gasteiger partial charge in [0.25, 0.3) is 5.91 Å². The molecule has 1 rings (SSSR count). The summed E-state index contributed by atoms with van der Waals surface area (Å²) in [6.07, 6.45) is 1.43. The fraction of sp³-hybridized carbons (Fsp3) is 0.400. The highest BCUT2D eigenvalue weighted by molar-refractivity contribution is 5.91. The molecular formula is C10H16ClN3O3. The summed E-state index contributed by atoms with van der Waals surface area (Å²) in [7, 11) is 1.69. The zero-order chi connectivity index (χ0) is 11.8. The number of nitrogens with one attached hydrogen (secondary N) is 3. The molecule has 17 heavy (non-hydrogen) atoms. The third-order valence-electron chi connectivity index (χ3n) is 1.82. The molecule has 0 aliphatic heterocycles. The van der Waals surface area contributed by atoms with Gasteiger partial charge in [-0.3, -0.25) is 9.59 Å². The fourth-order valence-electron chi connectivity index (χ4n) is 1.10. The van der Waals surface area contributed by atoms with E-state index in [2.05, 4.69) is 16.0 Å². The molecule has 0 bridgehead atoms. The lowest BCUT2D eigenvalue weighted by molar-refractivity contribution is -0.120. The first-order chi connectivity index (χ1) is 7.74. The molecule has 0 fully saturated rings. The normalized spacial score (nSPS) is 9.24. The summed E-state index contributed by atoms with van der Waals surface area (Å²) in [5, 5.41) is 7.98. The minimum atomic E-state index is -0.284. The van der Waals surface area contributed by atoms with Gasteiger partial charge >= 0.3 is 0 Å². The van der Waals surface area contributed by atoms with Crippen LogP contribution in [-0.4, -0.2) is 38.5 Å². The first-order valence-electron chi connectivity index (χ1n) is 4.97. The molecule has 6 nitrogen and oxygen atoms in total. The molecule has 0 saturated carbocycles. The number of hydrogen-bond donors (Lipinski definition) is 3. The van der Waals surface area contributed by atoms with Crippen LogP contribution in [0.15, 0.2) is 22.8 Å². The van der Waals surface area contributed by atoms with E-state index >= 15 is 0 Å². The van der Waals surface area contributed by atoms with Crippen LogP contribution in [0.2, 0.25) is 0 Å². The van der Waals surface area contributed by atoms with Gasteiger partial charge in [-0.15, -0.1) is 12.4 Å². The predicted molar refractivity (Wildman–Crippen MR) is 65.2 cm³/mol. The van der Waals surface area contributed by atoms with Gasteiger partial charge in [-0.1, -0.05) is 0 Å². The molecule has 96 valence electrons. The molecular weight excluding hydrogens is 246 g/mol. The van der Waals surface area contributed by atoms with E-state index in [1.807, 2.05) is 0 Å². The Morgan fingerprint density at radius 1 is 1.29 bits per heavy atom. The molecule has 3 N–H and O–H groups in total. The van der Waals surface area contributed by atoms with Crippen LogP contribution < -0.4 is 16.0 Å². The highest BCUT2D eigenvalue weighted by Crippen LogP contribution is 1.98. The summed E-state index contributed by atoms with van der Waals surface area (Å²) in [5.41, 5.74) is 0. The molecule has 0 atom stereocenters. The number of carbonyl (C=O) groups is 2. The van der Waals surface area contributed by atoms with Crippen molar-refractivity contribution >= 4 is 24.2 Å². The Bertz CT molecular complexity index is 341. The molecule has 1 aromatic heterocycles. The molecule has 0 saturated heterocycles. The fourth-order valence-corrected chi connectivity index (χ4v) is 1.10. The number of halogens is 1. The Kier molecular flexibility index (Phi) is 7.83. The second-order valence-electron chi connectivity index (χ2n) is 3.11. The van der Waals surface area contributed by atoms with Crippen molar-refractivity contribution in [2.24, 2.45) is 0 Å². The third kappa shape index (κ3) is 5.94. The monoisotopic (exact) mass is 261 g/mol. The lowest BCUT2D eigenvalue weighted by atomic mass is 10.4. The van der Waals surface area contributed by atoms with E-state index in [1.165, 1.54) is 6.26 Å². The van der Waals surface area contributed by atoms with Crippen molar-refractivity contribution in [3.05, 3.63) is 24.2 Å². The number of likely N-dealkylation sites (N-methyl/N-ethyl adjacent to an activating group) is 1. The van der Waals surface area contributed by atoms with Crippen molar-refractivity contribution in [1.29, 1.82) is 0 Å². The standard InChI is InChI=1S/C10H15N3O3.ClH/c1-11-7-9(14)12-4-5-13-10(15)8-3-2-6-16-8;/h2-3,6,11H,4-5,7H2,1H3,(H,12,14)(H,13,15);1H. The molecule has 0 spiro atoms. The van der Waals surface area contributed by atoms with Gasteiger partial charge in [0, 0.05) is 13.1 Å². The predicted octanol–water partition coefficient (Wildman–Crippen LogP) is -0.233. The lowest BCUT2D eigenvalue weighted by Gasteiger charge is -2.05. The smallest absolute Gasteiger partial charge is 0.287 e. The van der Waals surface area contributed by atoms with E-state index in [1.54, 1.807) is 19.2 Å². The Labute approximate surface area is 106 Å². The maximum absolute atomic E-state index is 11.3. The molecule has 0 radical (unpaired) electrons. The highest BCUT2D eigenvalue weighted by atomic mass is 35.5. The maximum atomic E-state index is 11.3. The van der Waals surface area contributed by atoms with Crippen molar-refractivity contribution in [3.8, 4) is 0 Å². The summed E-state index contributed by atoms with van der Waals surface area (Å²) < 4.78 is 4.90. The Balaban J connectivity index is 0.00000256. The van der Waals surface area contributed by atoms with E-state index in [9.17, 15) is 9.59 Å². The number of carbonyl (C=O) groups excluding carboxylic acids is 2. The van der Waals surface area contributed by atoms with Crippen LogP contribution in [0.25, 0.3) is 0 Å². The lowest BCUT2D eigenvalue weighted by Crippen LogP contribution is -2.38. The van der Waals surface area contributed by atoms with E-state index in [4.69, 9.17) is 4.42 Å². The van der Waals surface area contributed by atoms with Gasteiger partial charge in [-0.25, -0.2) is 0 Å². The Hall–Kier alpha value is -1.53. The van der Waals surface area contributed by atoms with Gasteiger partial charge in [0.1, 0.15) is 0 Å². The first-order valence-corrected chi connectivity index (χ1v) is 4.97. The van der Waals surface area contributed by atoms with Crippen molar-refractivity contribution in [3.63, 3.8) is 0 Å². The van der Waals surface area contributed by atoms with Crippen LogP contribution in [-0.2, 0) is 4.79 Å². The van der Waals surface area contributed by atoms with Crippen LogP contribution in [0.5, 0.6) is 0 Å². The van der Waals surface area contributed by atoms with Crippen LogP contribution in [0.3, 0.4) is 0 Å². The summed E-state index contributed by atoms with van der Waals surface area (Å²) in [5.74, 6) is -0.121. The summed E-state index contributed by atoms with van der Waals surface area (Å²) in [6.45, 7) is 1.04. The minimum absolute atomic E-state index is 0. The Morgan fingerprint density at radius 3 is 2.59 bits per heavy atom. The van der Waals surface area contributed by atoms with Crippen molar-refractivity contribution in [2.45, 2.75) is 0 Å². The summed E-state index contributed by atoms with van der Waals surface area (Å²) in [6, 6.07) is 3.22.